The van der Waals surface area contributed by atoms with E-state index in [-0.39, 0.29) is 12.4 Å². The van der Waals surface area contributed by atoms with E-state index in [1.54, 1.807) is 18.2 Å². The highest BCUT2D eigenvalue weighted by atomic mass is 16.5. The first kappa shape index (κ1) is 11.8. The van der Waals surface area contributed by atoms with Crippen LogP contribution in [-0.2, 0) is 9.53 Å². The Morgan fingerprint density at radius 1 is 1.47 bits per heavy atom. The Balaban J connectivity index is 2.27. The molecule has 1 fully saturated rings. The maximum Gasteiger partial charge on any atom is 0.143 e. The number of aliphatic hydroxyl groups is 1. The summed E-state index contributed by atoms with van der Waals surface area (Å²) < 4.78 is 5.24. The molecule has 0 radical (unpaired) electrons. The molecule has 2 atom stereocenters. The first-order valence-electron chi connectivity index (χ1n) is 5.58. The molecule has 0 spiro atoms. The molecule has 0 amide bonds. The van der Waals surface area contributed by atoms with Gasteiger partial charge in [-0.2, -0.15) is 0 Å². The van der Waals surface area contributed by atoms with E-state index in [9.17, 15) is 9.90 Å². The number of hydrogen-bond donors (Lipinski definition) is 1. The van der Waals surface area contributed by atoms with Gasteiger partial charge in [-0.15, -0.1) is 6.42 Å². The minimum atomic E-state index is -0.880. The smallest absolute Gasteiger partial charge is 0.143 e. The molecule has 3 nitrogen and oxygen atoms in total. The van der Waals surface area contributed by atoms with Crippen molar-refractivity contribution >= 4 is 5.78 Å². The molecule has 1 aromatic carbocycles. The predicted molar refractivity (Wildman–Crippen MR) is 63.3 cm³/mol. The number of hydrogen-bond acceptors (Lipinski definition) is 3. The number of benzene rings is 1. The minimum absolute atomic E-state index is 0.0376. The van der Waals surface area contributed by atoms with Crippen molar-refractivity contribution in [2.24, 2.45) is 5.92 Å². The second-order valence-electron chi connectivity index (χ2n) is 4.07. The van der Waals surface area contributed by atoms with E-state index in [1.165, 1.54) is 0 Å². The van der Waals surface area contributed by atoms with Gasteiger partial charge in [-0.1, -0.05) is 24.1 Å². The van der Waals surface area contributed by atoms with Crippen molar-refractivity contribution < 1.29 is 14.6 Å². The van der Waals surface area contributed by atoms with Crippen molar-refractivity contribution in [2.45, 2.75) is 12.5 Å². The molecule has 1 aliphatic rings. The fourth-order valence-electron chi connectivity index (χ4n) is 2.03. The Morgan fingerprint density at radius 2 is 2.24 bits per heavy atom. The summed E-state index contributed by atoms with van der Waals surface area (Å²) in [5.41, 5.74) is 1.25. The van der Waals surface area contributed by atoms with Crippen LogP contribution in [0, 0.1) is 18.3 Å². The van der Waals surface area contributed by atoms with Gasteiger partial charge in [0.2, 0.25) is 0 Å². The summed E-state index contributed by atoms with van der Waals surface area (Å²) >= 11 is 0. The third-order valence-corrected chi connectivity index (χ3v) is 3.02. The molecule has 3 heteroatoms. The van der Waals surface area contributed by atoms with Gasteiger partial charge in [0.1, 0.15) is 5.78 Å². The standard InChI is InChI=1S/C14H14O3/c1-2-10-5-3-4-6-11(10)14(16)12-9-17-8-7-13(12)15/h1,3-6,12,14,16H,7-9H2/t12-,14-/m0/s1. The van der Waals surface area contributed by atoms with Crippen LogP contribution in [0.2, 0.25) is 0 Å². The first-order chi connectivity index (χ1) is 8.24. The highest BCUT2D eigenvalue weighted by Crippen LogP contribution is 2.28. The zero-order valence-corrected chi connectivity index (χ0v) is 9.43. The van der Waals surface area contributed by atoms with Crippen LogP contribution < -0.4 is 0 Å². The third kappa shape index (κ3) is 2.38. The van der Waals surface area contributed by atoms with Gasteiger partial charge in [0.25, 0.3) is 0 Å². The molecule has 1 saturated heterocycles. The summed E-state index contributed by atoms with van der Waals surface area (Å²) in [5, 5.41) is 10.2. The molecule has 0 saturated carbocycles. The number of terminal acetylenes is 1. The zero-order valence-electron chi connectivity index (χ0n) is 9.43. The molecule has 1 aromatic rings. The van der Waals surface area contributed by atoms with E-state index in [2.05, 4.69) is 5.92 Å². The van der Waals surface area contributed by atoms with Crippen LogP contribution in [-0.4, -0.2) is 24.1 Å². The molecule has 0 aliphatic carbocycles. The molecular weight excluding hydrogens is 216 g/mol. The van der Waals surface area contributed by atoms with Crippen LogP contribution >= 0.6 is 0 Å². The van der Waals surface area contributed by atoms with E-state index in [4.69, 9.17) is 11.2 Å². The Bertz CT molecular complexity index is 459. The maximum atomic E-state index is 11.7. The highest BCUT2D eigenvalue weighted by molar-refractivity contribution is 5.82. The van der Waals surface area contributed by atoms with Crippen LogP contribution in [0.4, 0.5) is 0 Å². The lowest BCUT2D eigenvalue weighted by Gasteiger charge is -2.26. The van der Waals surface area contributed by atoms with Gasteiger partial charge < -0.3 is 9.84 Å². The zero-order chi connectivity index (χ0) is 12.3. The number of ether oxygens (including phenoxy) is 1. The fourth-order valence-corrected chi connectivity index (χ4v) is 2.03. The Kier molecular flexibility index (Phi) is 3.58. The average molecular weight is 230 g/mol. The quantitative estimate of drug-likeness (QED) is 0.779. The van der Waals surface area contributed by atoms with Crippen molar-refractivity contribution in [3.63, 3.8) is 0 Å². The second-order valence-corrected chi connectivity index (χ2v) is 4.07. The number of carbonyl (C=O) groups excluding carboxylic acids is 1. The first-order valence-corrected chi connectivity index (χ1v) is 5.58. The van der Waals surface area contributed by atoms with Crippen LogP contribution in [0.15, 0.2) is 24.3 Å². The minimum Gasteiger partial charge on any atom is -0.388 e. The Labute approximate surface area is 100 Å². The van der Waals surface area contributed by atoms with E-state index < -0.39 is 12.0 Å². The highest BCUT2D eigenvalue weighted by Gasteiger charge is 2.31. The maximum absolute atomic E-state index is 11.7. The SMILES string of the molecule is C#Cc1ccccc1[C@H](O)[C@H]1COCCC1=O. The van der Waals surface area contributed by atoms with Gasteiger partial charge in [0.05, 0.1) is 25.2 Å². The fraction of sp³-hybridized carbons (Fsp3) is 0.357. The Hall–Kier alpha value is -1.63. The molecule has 0 bridgehead atoms. The summed E-state index contributed by atoms with van der Waals surface area (Å²) in [7, 11) is 0. The average Bonchev–Trinajstić information content (AvgIpc) is 2.38. The molecule has 2 rings (SSSR count). The van der Waals surface area contributed by atoms with E-state index in [0.717, 1.165) is 0 Å². The molecule has 0 aromatic heterocycles. The molecular formula is C14H14O3. The summed E-state index contributed by atoms with van der Waals surface area (Å²) in [6, 6.07) is 7.12. The van der Waals surface area contributed by atoms with Crippen LogP contribution in [0.1, 0.15) is 23.7 Å². The Morgan fingerprint density at radius 3 is 2.94 bits per heavy atom. The normalized spacial score (nSPS) is 21.9. The van der Waals surface area contributed by atoms with Crippen molar-refractivity contribution in [1.82, 2.24) is 0 Å². The summed E-state index contributed by atoms with van der Waals surface area (Å²) in [4.78, 5) is 11.7. The topological polar surface area (TPSA) is 46.5 Å². The lowest BCUT2D eigenvalue weighted by atomic mass is 9.88. The largest absolute Gasteiger partial charge is 0.388 e. The molecule has 1 heterocycles. The number of rotatable bonds is 2. The van der Waals surface area contributed by atoms with Crippen LogP contribution in [0.25, 0.3) is 0 Å². The predicted octanol–water partition coefficient (Wildman–Crippen LogP) is 1.31. The third-order valence-electron chi connectivity index (χ3n) is 3.02. The van der Waals surface area contributed by atoms with Gasteiger partial charge in [0, 0.05) is 12.0 Å². The second kappa shape index (κ2) is 5.13. The molecule has 88 valence electrons. The summed E-state index contributed by atoms with van der Waals surface area (Å²) in [5.74, 6) is 2.05. The van der Waals surface area contributed by atoms with Gasteiger partial charge in [-0.25, -0.2) is 0 Å². The molecule has 1 aliphatic heterocycles. The lowest BCUT2D eigenvalue weighted by Crippen LogP contribution is -2.32. The molecule has 1 N–H and O–H groups in total. The van der Waals surface area contributed by atoms with Crippen molar-refractivity contribution in [1.29, 1.82) is 0 Å². The van der Waals surface area contributed by atoms with Crippen molar-refractivity contribution in [3.05, 3.63) is 35.4 Å². The van der Waals surface area contributed by atoms with Crippen LogP contribution in [0.5, 0.6) is 0 Å². The van der Waals surface area contributed by atoms with Gasteiger partial charge in [-0.3, -0.25) is 4.79 Å². The van der Waals surface area contributed by atoms with Gasteiger partial charge >= 0.3 is 0 Å². The van der Waals surface area contributed by atoms with Crippen molar-refractivity contribution in [2.75, 3.05) is 13.2 Å². The molecule has 17 heavy (non-hydrogen) atoms. The van der Waals surface area contributed by atoms with Gasteiger partial charge in [0.15, 0.2) is 0 Å². The van der Waals surface area contributed by atoms with E-state index in [1.807, 2.05) is 6.07 Å². The summed E-state index contributed by atoms with van der Waals surface area (Å²) in [6.45, 7) is 0.706. The van der Waals surface area contributed by atoms with E-state index >= 15 is 0 Å². The number of ketones is 1. The van der Waals surface area contributed by atoms with E-state index in [0.29, 0.717) is 24.2 Å². The van der Waals surface area contributed by atoms with Gasteiger partial charge in [-0.05, 0) is 11.6 Å². The lowest BCUT2D eigenvalue weighted by molar-refractivity contribution is -0.136. The summed E-state index contributed by atoms with van der Waals surface area (Å²) in [6.07, 6.45) is 4.86. The number of aliphatic hydroxyl groups excluding tert-OH is 1. The number of Topliss-reactive ketones (excluding diaryl/α,β-unsaturated/α-hetero) is 1. The molecule has 0 unspecified atom stereocenters. The van der Waals surface area contributed by atoms with Crippen molar-refractivity contribution in [3.8, 4) is 12.3 Å². The number of carbonyl (C=O) groups is 1. The van der Waals surface area contributed by atoms with Crippen LogP contribution in [0.3, 0.4) is 0 Å². The monoisotopic (exact) mass is 230 g/mol.